The smallest absolute Gasteiger partial charge is 0.251 e. The quantitative estimate of drug-likeness (QED) is 0.675. The van der Waals surface area contributed by atoms with Crippen molar-refractivity contribution in [2.45, 2.75) is 20.3 Å². The normalized spacial score (nSPS) is 12.2. The van der Waals surface area contributed by atoms with Crippen molar-refractivity contribution in [2.24, 2.45) is 5.92 Å². The summed E-state index contributed by atoms with van der Waals surface area (Å²) in [6.45, 7) is 4.60. The molecule has 0 saturated heterocycles. The van der Waals surface area contributed by atoms with Crippen LogP contribution in [0, 0.1) is 12.8 Å². The number of aryl methyl sites for hydroxylation is 1. The fourth-order valence-corrected chi connectivity index (χ4v) is 1.47. The zero-order valence-electron chi connectivity index (χ0n) is 10.4. The van der Waals surface area contributed by atoms with E-state index in [9.17, 15) is 4.79 Å². The monoisotopic (exact) mass is 236 g/mol. The molecule has 0 aromatic heterocycles. The fourth-order valence-electron chi connectivity index (χ4n) is 1.47. The maximum absolute atomic E-state index is 11.8. The van der Waals surface area contributed by atoms with Crippen molar-refractivity contribution in [1.82, 2.24) is 5.32 Å². The molecule has 0 saturated carbocycles. The van der Waals surface area contributed by atoms with Gasteiger partial charge >= 0.3 is 0 Å². The van der Waals surface area contributed by atoms with E-state index in [0.29, 0.717) is 24.2 Å². The average Bonchev–Trinajstić information content (AvgIpc) is 2.30. The second kappa shape index (κ2) is 6.25. The predicted molar refractivity (Wildman–Crippen MR) is 68.8 cm³/mol. The summed E-state index contributed by atoms with van der Waals surface area (Å²) >= 11 is 0. The van der Waals surface area contributed by atoms with E-state index in [4.69, 9.17) is 10.8 Å². The molecule has 1 rings (SSSR count). The van der Waals surface area contributed by atoms with Gasteiger partial charge in [0.1, 0.15) is 0 Å². The molecule has 1 aromatic carbocycles. The highest BCUT2D eigenvalue weighted by Gasteiger charge is 2.08. The highest BCUT2D eigenvalue weighted by molar-refractivity contribution is 5.95. The lowest BCUT2D eigenvalue weighted by atomic mass is 10.1. The van der Waals surface area contributed by atoms with Gasteiger partial charge in [-0.05, 0) is 37.0 Å². The van der Waals surface area contributed by atoms with Crippen LogP contribution in [0.2, 0.25) is 0 Å². The van der Waals surface area contributed by atoms with Crippen LogP contribution in [0.4, 0.5) is 5.69 Å². The van der Waals surface area contributed by atoms with Gasteiger partial charge in [0.15, 0.2) is 0 Å². The van der Waals surface area contributed by atoms with Gasteiger partial charge in [0.2, 0.25) is 0 Å². The van der Waals surface area contributed by atoms with Crippen molar-refractivity contribution in [2.75, 3.05) is 18.9 Å². The van der Waals surface area contributed by atoms with Gasteiger partial charge in [-0.3, -0.25) is 4.79 Å². The first-order valence-electron chi connectivity index (χ1n) is 5.79. The number of aliphatic hydroxyl groups excluding tert-OH is 1. The summed E-state index contributed by atoms with van der Waals surface area (Å²) in [5.74, 6) is 0.147. The highest BCUT2D eigenvalue weighted by atomic mass is 16.3. The molecule has 1 aromatic rings. The van der Waals surface area contributed by atoms with Gasteiger partial charge in [-0.1, -0.05) is 13.0 Å². The van der Waals surface area contributed by atoms with Crippen molar-refractivity contribution in [3.63, 3.8) is 0 Å². The van der Waals surface area contributed by atoms with E-state index in [1.54, 1.807) is 12.1 Å². The fraction of sp³-hybridized carbons (Fsp3) is 0.462. The first kappa shape index (κ1) is 13.5. The lowest BCUT2D eigenvalue weighted by Gasteiger charge is -2.11. The number of nitrogens with two attached hydrogens (primary N) is 1. The Morgan fingerprint density at radius 3 is 2.82 bits per heavy atom. The van der Waals surface area contributed by atoms with E-state index in [2.05, 4.69) is 5.32 Å². The number of benzene rings is 1. The van der Waals surface area contributed by atoms with Gasteiger partial charge in [-0.25, -0.2) is 0 Å². The van der Waals surface area contributed by atoms with Crippen molar-refractivity contribution < 1.29 is 9.90 Å². The van der Waals surface area contributed by atoms with Gasteiger partial charge in [0.05, 0.1) is 0 Å². The Balaban J connectivity index is 2.55. The van der Waals surface area contributed by atoms with Crippen LogP contribution >= 0.6 is 0 Å². The lowest BCUT2D eigenvalue weighted by molar-refractivity contribution is 0.0945. The first-order valence-corrected chi connectivity index (χ1v) is 5.79. The molecule has 1 unspecified atom stereocenters. The molecule has 0 aliphatic rings. The van der Waals surface area contributed by atoms with Crippen LogP contribution < -0.4 is 11.1 Å². The number of carbonyl (C=O) groups is 1. The number of carbonyl (C=O) groups excluding carboxylic acids is 1. The van der Waals surface area contributed by atoms with Crippen molar-refractivity contribution >= 4 is 11.6 Å². The first-order chi connectivity index (χ1) is 8.04. The number of amides is 1. The average molecular weight is 236 g/mol. The molecule has 0 fully saturated rings. The van der Waals surface area contributed by atoms with E-state index in [1.807, 2.05) is 19.9 Å². The van der Waals surface area contributed by atoms with Crippen molar-refractivity contribution in [3.05, 3.63) is 29.3 Å². The largest absolute Gasteiger partial charge is 0.398 e. The van der Waals surface area contributed by atoms with Gasteiger partial charge in [-0.15, -0.1) is 0 Å². The van der Waals surface area contributed by atoms with Crippen LogP contribution in [0.25, 0.3) is 0 Å². The minimum absolute atomic E-state index is 0.124. The Labute approximate surface area is 102 Å². The third-order valence-corrected chi connectivity index (χ3v) is 2.77. The van der Waals surface area contributed by atoms with Crippen LogP contribution in [0.15, 0.2) is 18.2 Å². The van der Waals surface area contributed by atoms with E-state index in [0.717, 1.165) is 5.56 Å². The maximum atomic E-state index is 11.8. The molecule has 0 aliphatic carbocycles. The molecular formula is C13H20N2O2. The van der Waals surface area contributed by atoms with Crippen molar-refractivity contribution in [1.29, 1.82) is 0 Å². The summed E-state index contributed by atoms with van der Waals surface area (Å²) in [7, 11) is 0. The Bertz CT molecular complexity index is 391. The SMILES string of the molecule is Cc1ccc(C(=O)NCC(C)CCO)cc1N. The highest BCUT2D eigenvalue weighted by Crippen LogP contribution is 2.12. The topological polar surface area (TPSA) is 75.3 Å². The summed E-state index contributed by atoms with van der Waals surface area (Å²) in [6, 6.07) is 5.28. The van der Waals surface area contributed by atoms with Crippen LogP contribution in [0.1, 0.15) is 29.3 Å². The number of rotatable bonds is 5. The molecular weight excluding hydrogens is 216 g/mol. The second-order valence-corrected chi connectivity index (χ2v) is 4.40. The third kappa shape index (κ3) is 4.07. The molecule has 0 bridgehead atoms. The summed E-state index contributed by atoms with van der Waals surface area (Å²) in [6.07, 6.45) is 0.691. The Morgan fingerprint density at radius 1 is 1.53 bits per heavy atom. The third-order valence-electron chi connectivity index (χ3n) is 2.77. The van der Waals surface area contributed by atoms with Crippen LogP contribution in [-0.4, -0.2) is 24.2 Å². The Kier molecular flexibility index (Phi) is 4.97. The molecule has 1 amide bonds. The molecule has 0 spiro atoms. The van der Waals surface area contributed by atoms with Gasteiger partial charge in [0.25, 0.3) is 5.91 Å². The standard InChI is InChI=1S/C13H20N2O2/c1-9(5-6-16)8-15-13(17)11-4-3-10(2)12(14)7-11/h3-4,7,9,16H,5-6,8,14H2,1-2H3,(H,15,17). The van der Waals surface area contributed by atoms with E-state index in [1.165, 1.54) is 0 Å². The number of nitrogen functional groups attached to an aromatic ring is 1. The molecule has 0 aliphatic heterocycles. The van der Waals surface area contributed by atoms with Crippen LogP contribution in [0.5, 0.6) is 0 Å². The molecule has 4 nitrogen and oxygen atoms in total. The molecule has 0 radical (unpaired) electrons. The predicted octanol–water partition coefficient (Wildman–Crippen LogP) is 1.33. The van der Waals surface area contributed by atoms with Gasteiger partial charge in [-0.2, -0.15) is 0 Å². The van der Waals surface area contributed by atoms with Crippen molar-refractivity contribution in [3.8, 4) is 0 Å². The van der Waals surface area contributed by atoms with E-state index in [-0.39, 0.29) is 18.4 Å². The lowest BCUT2D eigenvalue weighted by Crippen LogP contribution is -2.28. The van der Waals surface area contributed by atoms with E-state index < -0.39 is 0 Å². The number of hydrogen-bond donors (Lipinski definition) is 3. The molecule has 4 heteroatoms. The Morgan fingerprint density at radius 2 is 2.24 bits per heavy atom. The number of aliphatic hydroxyl groups is 1. The molecule has 94 valence electrons. The Hall–Kier alpha value is -1.55. The maximum Gasteiger partial charge on any atom is 0.251 e. The molecule has 0 heterocycles. The molecule has 1 atom stereocenters. The van der Waals surface area contributed by atoms with E-state index >= 15 is 0 Å². The van der Waals surface area contributed by atoms with Gasteiger partial charge in [0, 0.05) is 24.4 Å². The number of nitrogens with one attached hydrogen (secondary N) is 1. The molecule has 4 N–H and O–H groups in total. The second-order valence-electron chi connectivity index (χ2n) is 4.40. The summed E-state index contributed by atoms with van der Waals surface area (Å²) in [5.41, 5.74) is 7.92. The summed E-state index contributed by atoms with van der Waals surface area (Å²) < 4.78 is 0. The molecule has 17 heavy (non-hydrogen) atoms. The minimum Gasteiger partial charge on any atom is -0.398 e. The summed E-state index contributed by atoms with van der Waals surface area (Å²) in [4.78, 5) is 11.8. The zero-order valence-corrected chi connectivity index (χ0v) is 10.4. The number of hydrogen-bond acceptors (Lipinski definition) is 3. The summed E-state index contributed by atoms with van der Waals surface area (Å²) in [5, 5.41) is 11.6. The van der Waals surface area contributed by atoms with Crippen LogP contribution in [-0.2, 0) is 0 Å². The zero-order chi connectivity index (χ0) is 12.8. The van der Waals surface area contributed by atoms with Crippen LogP contribution in [0.3, 0.4) is 0 Å². The number of anilines is 1. The van der Waals surface area contributed by atoms with Gasteiger partial charge < -0.3 is 16.2 Å². The minimum atomic E-state index is -0.124.